The SMILES string of the molecule is CCC([O])(CC)CC. The van der Waals surface area contributed by atoms with Crippen LogP contribution in [-0.2, 0) is 5.11 Å². The maximum absolute atomic E-state index is 11.2. The molecular weight excluding hydrogens is 100 g/mol. The Morgan fingerprint density at radius 3 is 1.25 bits per heavy atom. The van der Waals surface area contributed by atoms with Gasteiger partial charge < -0.3 is 0 Å². The van der Waals surface area contributed by atoms with Crippen molar-refractivity contribution in [2.24, 2.45) is 0 Å². The standard InChI is InChI=1S/C7H15O/c1-4-7(8,5-2)6-3/h4-6H2,1-3H3. The molecule has 0 spiro atoms. The second kappa shape index (κ2) is 3.08. The van der Waals surface area contributed by atoms with Gasteiger partial charge in [0.1, 0.15) is 5.60 Å². The van der Waals surface area contributed by atoms with Crippen molar-refractivity contribution in [2.45, 2.75) is 45.6 Å². The van der Waals surface area contributed by atoms with Crippen molar-refractivity contribution < 1.29 is 5.11 Å². The van der Waals surface area contributed by atoms with Crippen molar-refractivity contribution in [2.75, 3.05) is 0 Å². The van der Waals surface area contributed by atoms with Gasteiger partial charge in [0.05, 0.1) is 0 Å². The molecule has 0 fully saturated rings. The van der Waals surface area contributed by atoms with E-state index in [4.69, 9.17) is 0 Å². The van der Waals surface area contributed by atoms with Crippen LogP contribution >= 0.6 is 0 Å². The number of rotatable bonds is 3. The van der Waals surface area contributed by atoms with Gasteiger partial charge in [-0.05, 0) is 19.3 Å². The predicted octanol–water partition coefficient (Wildman–Crippen LogP) is 2.39. The highest BCUT2D eigenvalue weighted by molar-refractivity contribution is 4.70. The average molecular weight is 115 g/mol. The van der Waals surface area contributed by atoms with E-state index in [-0.39, 0.29) is 0 Å². The van der Waals surface area contributed by atoms with Gasteiger partial charge in [0.15, 0.2) is 0 Å². The van der Waals surface area contributed by atoms with Crippen LogP contribution in [0.2, 0.25) is 0 Å². The van der Waals surface area contributed by atoms with Gasteiger partial charge >= 0.3 is 0 Å². The third-order valence-corrected chi connectivity index (χ3v) is 1.93. The molecule has 0 N–H and O–H groups in total. The van der Waals surface area contributed by atoms with Crippen LogP contribution in [0.25, 0.3) is 0 Å². The Hall–Kier alpha value is -0.0400. The van der Waals surface area contributed by atoms with E-state index in [9.17, 15) is 5.11 Å². The Labute approximate surface area is 51.7 Å². The summed E-state index contributed by atoms with van der Waals surface area (Å²) >= 11 is 0. The minimum atomic E-state index is -0.625. The molecule has 0 aliphatic heterocycles. The van der Waals surface area contributed by atoms with Crippen molar-refractivity contribution in [3.05, 3.63) is 0 Å². The lowest BCUT2D eigenvalue weighted by atomic mass is 9.95. The lowest BCUT2D eigenvalue weighted by Crippen LogP contribution is -2.22. The third-order valence-electron chi connectivity index (χ3n) is 1.93. The molecule has 0 aliphatic carbocycles. The van der Waals surface area contributed by atoms with Gasteiger partial charge in [-0.25, -0.2) is 5.11 Å². The van der Waals surface area contributed by atoms with Crippen molar-refractivity contribution in [3.63, 3.8) is 0 Å². The van der Waals surface area contributed by atoms with Crippen molar-refractivity contribution >= 4 is 0 Å². The summed E-state index contributed by atoms with van der Waals surface area (Å²) in [4.78, 5) is 0. The Balaban J connectivity index is 3.58. The van der Waals surface area contributed by atoms with Crippen LogP contribution in [0.1, 0.15) is 40.0 Å². The van der Waals surface area contributed by atoms with Crippen molar-refractivity contribution in [1.29, 1.82) is 0 Å². The van der Waals surface area contributed by atoms with Crippen LogP contribution in [0.3, 0.4) is 0 Å². The fourth-order valence-electron chi connectivity index (χ4n) is 0.750. The van der Waals surface area contributed by atoms with Gasteiger partial charge in [0.2, 0.25) is 0 Å². The van der Waals surface area contributed by atoms with Crippen molar-refractivity contribution in [1.82, 2.24) is 0 Å². The van der Waals surface area contributed by atoms with Gasteiger partial charge in [-0.3, -0.25) is 0 Å². The van der Waals surface area contributed by atoms with E-state index >= 15 is 0 Å². The van der Waals surface area contributed by atoms with Crippen molar-refractivity contribution in [3.8, 4) is 0 Å². The molecular formula is C7H15O. The zero-order valence-corrected chi connectivity index (χ0v) is 6.03. The minimum Gasteiger partial charge on any atom is -0.230 e. The van der Waals surface area contributed by atoms with Crippen LogP contribution in [0.15, 0.2) is 0 Å². The molecule has 1 nitrogen and oxygen atoms in total. The first-order chi connectivity index (χ1) is 3.68. The first-order valence-corrected chi connectivity index (χ1v) is 3.39. The van der Waals surface area contributed by atoms with E-state index in [1.54, 1.807) is 0 Å². The summed E-state index contributed by atoms with van der Waals surface area (Å²) < 4.78 is 0. The molecule has 49 valence electrons. The Kier molecular flexibility index (Phi) is 3.06. The Morgan fingerprint density at radius 2 is 1.25 bits per heavy atom. The highest BCUT2D eigenvalue weighted by Gasteiger charge is 2.20. The van der Waals surface area contributed by atoms with Crippen LogP contribution in [-0.4, -0.2) is 5.60 Å². The molecule has 0 rings (SSSR count). The fourth-order valence-corrected chi connectivity index (χ4v) is 0.750. The molecule has 0 unspecified atom stereocenters. The maximum Gasteiger partial charge on any atom is 0.103 e. The lowest BCUT2D eigenvalue weighted by Gasteiger charge is -2.18. The number of hydrogen-bond donors (Lipinski definition) is 0. The van der Waals surface area contributed by atoms with Crippen LogP contribution in [0.4, 0.5) is 0 Å². The fraction of sp³-hybridized carbons (Fsp3) is 1.00. The molecule has 0 saturated carbocycles. The highest BCUT2D eigenvalue weighted by Crippen LogP contribution is 2.18. The molecule has 0 bridgehead atoms. The lowest BCUT2D eigenvalue weighted by molar-refractivity contribution is -0.0392. The first-order valence-electron chi connectivity index (χ1n) is 3.39. The van der Waals surface area contributed by atoms with E-state index < -0.39 is 5.60 Å². The summed E-state index contributed by atoms with van der Waals surface area (Å²) in [6, 6.07) is 0. The molecule has 0 saturated heterocycles. The molecule has 0 aromatic heterocycles. The van der Waals surface area contributed by atoms with Crippen LogP contribution < -0.4 is 0 Å². The van der Waals surface area contributed by atoms with E-state index in [1.807, 2.05) is 20.8 Å². The topological polar surface area (TPSA) is 19.9 Å². The second-order valence-electron chi connectivity index (χ2n) is 2.24. The van der Waals surface area contributed by atoms with Crippen LogP contribution in [0, 0.1) is 0 Å². The smallest absolute Gasteiger partial charge is 0.103 e. The molecule has 0 amide bonds. The van der Waals surface area contributed by atoms with Crippen LogP contribution in [0.5, 0.6) is 0 Å². The van der Waals surface area contributed by atoms with E-state index in [2.05, 4.69) is 0 Å². The Bertz CT molecular complexity index is 47.1. The largest absolute Gasteiger partial charge is 0.230 e. The summed E-state index contributed by atoms with van der Waals surface area (Å²) in [5.41, 5.74) is -0.625. The molecule has 8 heavy (non-hydrogen) atoms. The monoisotopic (exact) mass is 115 g/mol. The molecule has 0 heterocycles. The summed E-state index contributed by atoms with van der Waals surface area (Å²) in [5.74, 6) is 0. The van der Waals surface area contributed by atoms with Gasteiger partial charge in [0.25, 0.3) is 0 Å². The van der Waals surface area contributed by atoms with Gasteiger partial charge in [0, 0.05) is 0 Å². The Morgan fingerprint density at radius 1 is 1.00 bits per heavy atom. The quantitative estimate of drug-likeness (QED) is 0.538. The van der Waals surface area contributed by atoms with Gasteiger partial charge in [-0.1, -0.05) is 20.8 Å². The third kappa shape index (κ3) is 1.83. The zero-order valence-electron chi connectivity index (χ0n) is 6.03. The molecule has 1 radical (unpaired) electrons. The molecule has 0 aromatic rings. The van der Waals surface area contributed by atoms with E-state index in [0.717, 1.165) is 19.3 Å². The van der Waals surface area contributed by atoms with E-state index in [0.29, 0.717) is 0 Å². The average Bonchev–Trinajstić information content (AvgIpc) is 1.87. The van der Waals surface area contributed by atoms with Gasteiger partial charge in [-0.2, -0.15) is 0 Å². The second-order valence-corrected chi connectivity index (χ2v) is 2.24. The summed E-state index contributed by atoms with van der Waals surface area (Å²) in [6.45, 7) is 5.88. The minimum absolute atomic E-state index is 0.625. The molecule has 1 heteroatoms. The number of hydrogen-bond acceptors (Lipinski definition) is 0. The summed E-state index contributed by atoms with van der Waals surface area (Å²) in [7, 11) is 0. The zero-order chi connectivity index (χ0) is 6.62. The molecule has 0 atom stereocenters. The predicted molar refractivity (Wildman–Crippen MR) is 34.3 cm³/mol. The summed E-state index contributed by atoms with van der Waals surface area (Å²) in [5, 5.41) is 11.2. The van der Waals surface area contributed by atoms with Gasteiger partial charge in [-0.15, -0.1) is 0 Å². The normalized spacial score (nSPS) is 12.0. The molecule has 0 aliphatic rings. The maximum atomic E-state index is 11.2. The summed E-state index contributed by atoms with van der Waals surface area (Å²) in [6.07, 6.45) is 2.29. The molecule has 0 aromatic carbocycles. The van der Waals surface area contributed by atoms with E-state index in [1.165, 1.54) is 0 Å². The first kappa shape index (κ1) is 7.96. The highest BCUT2D eigenvalue weighted by atomic mass is 16.3.